The molecule has 1 aromatic carbocycles. The molecule has 9 heteroatoms. The molecule has 0 heterocycles. The van der Waals surface area contributed by atoms with Crippen molar-refractivity contribution in [2.75, 3.05) is 33.4 Å². The number of ether oxygens (including phenoxy) is 3. The molecule has 0 aliphatic rings. The molecular weight excluding hydrogens is 354 g/mol. The van der Waals surface area contributed by atoms with Gasteiger partial charge in [-0.05, 0) is 32.9 Å². The zero-order valence-electron chi connectivity index (χ0n) is 16.1. The van der Waals surface area contributed by atoms with E-state index >= 15 is 0 Å². The third-order valence-electron chi connectivity index (χ3n) is 2.99. The van der Waals surface area contributed by atoms with Crippen LogP contribution < -0.4 is 25.4 Å². The van der Waals surface area contributed by atoms with Gasteiger partial charge in [-0.3, -0.25) is 9.59 Å². The van der Waals surface area contributed by atoms with Crippen LogP contribution in [0.4, 0.5) is 4.79 Å². The zero-order valence-corrected chi connectivity index (χ0v) is 16.1. The standard InChI is InChI=1S/C18H27N3O6/c1-18(2,3)27-17(24)21-11-15(22)19-9-10-20-16(23)12-26-14-8-6-5-7-13(14)25-4/h5-8H,9-12H2,1-4H3,(H,19,22)(H,20,23)(H,21,24). The molecule has 0 aliphatic carbocycles. The van der Waals surface area contributed by atoms with Gasteiger partial charge in [0.1, 0.15) is 5.60 Å². The first kappa shape index (κ1) is 22.1. The van der Waals surface area contributed by atoms with Crippen molar-refractivity contribution in [1.29, 1.82) is 0 Å². The minimum absolute atomic E-state index is 0.172. The van der Waals surface area contributed by atoms with Crippen molar-refractivity contribution < 1.29 is 28.6 Å². The summed E-state index contributed by atoms with van der Waals surface area (Å²) in [5, 5.41) is 7.52. The van der Waals surface area contributed by atoms with E-state index in [9.17, 15) is 14.4 Å². The lowest BCUT2D eigenvalue weighted by Gasteiger charge is -2.19. The third-order valence-corrected chi connectivity index (χ3v) is 2.99. The highest BCUT2D eigenvalue weighted by Gasteiger charge is 2.16. The second-order valence-corrected chi connectivity index (χ2v) is 6.49. The van der Waals surface area contributed by atoms with Gasteiger partial charge in [-0.25, -0.2) is 4.79 Å². The van der Waals surface area contributed by atoms with Crippen LogP contribution >= 0.6 is 0 Å². The molecule has 0 saturated heterocycles. The molecule has 150 valence electrons. The van der Waals surface area contributed by atoms with Gasteiger partial charge in [0.15, 0.2) is 18.1 Å². The summed E-state index contributed by atoms with van der Waals surface area (Å²) in [6, 6.07) is 7.00. The van der Waals surface area contributed by atoms with Gasteiger partial charge in [-0.2, -0.15) is 0 Å². The fourth-order valence-electron chi connectivity index (χ4n) is 1.87. The van der Waals surface area contributed by atoms with Crippen LogP contribution in [0.3, 0.4) is 0 Å². The Morgan fingerprint density at radius 2 is 1.52 bits per heavy atom. The maximum Gasteiger partial charge on any atom is 0.408 e. The average molecular weight is 381 g/mol. The van der Waals surface area contributed by atoms with Crippen LogP contribution in [-0.4, -0.2) is 56.9 Å². The number of para-hydroxylation sites is 2. The molecule has 9 nitrogen and oxygen atoms in total. The van der Waals surface area contributed by atoms with Crippen LogP contribution in [0, 0.1) is 0 Å². The van der Waals surface area contributed by atoms with E-state index in [1.165, 1.54) is 7.11 Å². The minimum Gasteiger partial charge on any atom is -0.493 e. The molecule has 0 aliphatic heterocycles. The Hall–Kier alpha value is -2.97. The summed E-state index contributed by atoms with van der Waals surface area (Å²) in [6.45, 7) is 5.25. The maximum absolute atomic E-state index is 11.7. The van der Waals surface area contributed by atoms with E-state index in [0.29, 0.717) is 11.5 Å². The van der Waals surface area contributed by atoms with E-state index in [0.717, 1.165) is 0 Å². The predicted octanol–water partition coefficient (Wildman–Crippen LogP) is 0.831. The summed E-state index contributed by atoms with van der Waals surface area (Å²) in [4.78, 5) is 34.8. The van der Waals surface area contributed by atoms with Crippen molar-refractivity contribution in [3.63, 3.8) is 0 Å². The Morgan fingerprint density at radius 3 is 2.11 bits per heavy atom. The molecule has 0 saturated carbocycles. The lowest BCUT2D eigenvalue weighted by molar-refractivity contribution is -0.123. The zero-order chi connectivity index (χ0) is 20.3. The summed E-state index contributed by atoms with van der Waals surface area (Å²) in [6.07, 6.45) is -0.667. The summed E-state index contributed by atoms with van der Waals surface area (Å²) in [5.74, 6) is 0.286. The van der Waals surface area contributed by atoms with Crippen molar-refractivity contribution in [2.24, 2.45) is 0 Å². The number of rotatable bonds is 9. The third kappa shape index (κ3) is 9.93. The van der Waals surface area contributed by atoms with E-state index in [1.54, 1.807) is 45.0 Å². The highest BCUT2D eigenvalue weighted by Crippen LogP contribution is 2.25. The van der Waals surface area contributed by atoms with Gasteiger partial charge in [0, 0.05) is 13.1 Å². The molecule has 0 unspecified atom stereocenters. The van der Waals surface area contributed by atoms with Gasteiger partial charge < -0.3 is 30.2 Å². The lowest BCUT2D eigenvalue weighted by atomic mass is 10.2. The number of carbonyl (C=O) groups excluding carboxylic acids is 3. The Kier molecular flexibility index (Phi) is 8.91. The molecule has 0 fully saturated rings. The molecule has 0 spiro atoms. The minimum atomic E-state index is -0.667. The number of benzene rings is 1. The molecule has 3 amide bonds. The molecule has 27 heavy (non-hydrogen) atoms. The summed E-state index contributed by atoms with van der Waals surface area (Å²) < 4.78 is 15.5. The van der Waals surface area contributed by atoms with E-state index < -0.39 is 11.7 Å². The number of nitrogens with one attached hydrogen (secondary N) is 3. The first-order valence-electron chi connectivity index (χ1n) is 8.47. The molecule has 1 aromatic rings. The number of hydrogen-bond donors (Lipinski definition) is 3. The largest absolute Gasteiger partial charge is 0.493 e. The van der Waals surface area contributed by atoms with Gasteiger partial charge in [0.25, 0.3) is 5.91 Å². The van der Waals surface area contributed by atoms with Gasteiger partial charge in [0.05, 0.1) is 13.7 Å². The molecule has 0 bridgehead atoms. The number of hydrogen-bond acceptors (Lipinski definition) is 6. The maximum atomic E-state index is 11.7. The van der Waals surface area contributed by atoms with Gasteiger partial charge >= 0.3 is 6.09 Å². The van der Waals surface area contributed by atoms with E-state index in [-0.39, 0.29) is 38.1 Å². The highest BCUT2D eigenvalue weighted by molar-refractivity contribution is 5.82. The van der Waals surface area contributed by atoms with E-state index in [2.05, 4.69) is 16.0 Å². The number of carbonyl (C=O) groups is 3. The van der Waals surface area contributed by atoms with Gasteiger partial charge in [-0.15, -0.1) is 0 Å². The molecule has 0 aromatic heterocycles. The highest BCUT2D eigenvalue weighted by atomic mass is 16.6. The first-order chi connectivity index (χ1) is 12.7. The molecule has 0 radical (unpaired) electrons. The van der Waals surface area contributed by atoms with Crippen LogP contribution in [0.5, 0.6) is 11.5 Å². The average Bonchev–Trinajstić information content (AvgIpc) is 2.60. The lowest BCUT2D eigenvalue weighted by Crippen LogP contribution is -2.42. The van der Waals surface area contributed by atoms with Crippen LogP contribution in [0.15, 0.2) is 24.3 Å². The second kappa shape index (κ2) is 10.9. The second-order valence-electron chi connectivity index (χ2n) is 6.49. The molecule has 3 N–H and O–H groups in total. The van der Waals surface area contributed by atoms with Crippen molar-refractivity contribution in [1.82, 2.24) is 16.0 Å². The van der Waals surface area contributed by atoms with Gasteiger partial charge in [0.2, 0.25) is 5.91 Å². The number of amides is 3. The van der Waals surface area contributed by atoms with Crippen molar-refractivity contribution in [2.45, 2.75) is 26.4 Å². The number of alkyl carbamates (subject to hydrolysis) is 1. The first-order valence-corrected chi connectivity index (χ1v) is 8.47. The van der Waals surface area contributed by atoms with Crippen LogP contribution in [-0.2, 0) is 14.3 Å². The summed E-state index contributed by atoms with van der Waals surface area (Å²) in [7, 11) is 1.52. The van der Waals surface area contributed by atoms with Crippen LogP contribution in [0.1, 0.15) is 20.8 Å². The fourth-order valence-corrected chi connectivity index (χ4v) is 1.87. The molecule has 1 rings (SSSR count). The Labute approximate surface area is 158 Å². The van der Waals surface area contributed by atoms with E-state index in [1.807, 2.05) is 0 Å². The van der Waals surface area contributed by atoms with E-state index in [4.69, 9.17) is 14.2 Å². The van der Waals surface area contributed by atoms with Gasteiger partial charge in [-0.1, -0.05) is 12.1 Å². The topological polar surface area (TPSA) is 115 Å². The summed E-state index contributed by atoms with van der Waals surface area (Å²) in [5.41, 5.74) is -0.628. The Bertz CT molecular complexity index is 642. The predicted molar refractivity (Wildman–Crippen MR) is 98.7 cm³/mol. The molecule has 0 atom stereocenters. The normalized spacial score (nSPS) is 10.5. The van der Waals surface area contributed by atoms with Crippen LogP contribution in [0.25, 0.3) is 0 Å². The quantitative estimate of drug-likeness (QED) is 0.546. The number of methoxy groups -OCH3 is 1. The Morgan fingerprint density at radius 1 is 0.926 bits per heavy atom. The smallest absolute Gasteiger partial charge is 0.408 e. The SMILES string of the molecule is COc1ccccc1OCC(=O)NCCNC(=O)CNC(=O)OC(C)(C)C. The van der Waals surface area contributed by atoms with Crippen molar-refractivity contribution in [3.05, 3.63) is 24.3 Å². The van der Waals surface area contributed by atoms with Crippen molar-refractivity contribution in [3.8, 4) is 11.5 Å². The fraction of sp³-hybridized carbons (Fsp3) is 0.500. The van der Waals surface area contributed by atoms with Crippen molar-refractivity contribution >= 4 is 17.9 Å². The molecular formula is C18H27N3O6. The monoisotopic (exact) mass is 381 g/mol. The Balaban J connectivity index is 2.15. The van der Waals surface area contributed by atoms with Crippen LogP contribution in [0.2, 0.25) is 0 Å². The summed E-state index contributed by atoms with van der Waals surface area (Å²) >= 11 is 0.